The average Bonchev–Trinajstić information content (AvgIpc) is 3.09. The van der Waals surface area contributed by atoms with Crippen molar-refractivity contribution < 1.29 is 13.2 Å². The molecule has 0 saturated carbocycles. The minimum Gasteiger partial charge on any atom is -0.325 e. The normalized spacial score (nSPS) is 11.3. The Morgan fingerprint density at radius 1 is 1.22 bits per heavy atom. The first-order valence-corrected chi connectivity index (χ1v) is 11.0. The molecule has 0 aliphatic carbocycles. The lowest BCUT2D eigenvalue weighted by atomic mass is 10.3. The van der Waals surface area contributed by atoms with Crippen LogP contribution in [0.15, 0.2) is 75.4 Å². The number of carbonyl (C=O) groups is 1. The monoisotopic (exact) mass is 466 g/mol. The van der Waals surface area contributed by atoms with Crippen LogP contribution in [-0.4, -0.2) is 29.6 Å². The van der Waals surface area contributed by atoms with Crippen molar-refractivity contribution in [3.05, 3.63) is 65.4 Å². The lowest BCUT2D eigenvalue weighted by molar-refractivity contribution is -0.113. The van der Waals surface area contributed by atoms with Crippen LogP contribution in [0.3, 0.4) is 0 Å². The number of amides is 1. The van der Waals surface area contributed by atoms with Crippen LogP contribution >= 0.6 is 27.7 Å². The molecule has 0 radical (unpaired) electrons. The molecule has 3 N–H and O–H groups in total. The highest BCUT2D eigenvalue weighted by molar-refractivity contribution is 9.10. The van der Waals surface area contributed by atoms with Crippen LogP contribution in [0.1, 0.15) is 0 Å². The summed E-state index contributed by atoms with van der Waals surface area (Å²) >= 11 is 4.67. The van der Waals surface area contributed by atoms with E-state index >= 15 is 0 Å². The predicted molar refractivity (Wildman–Crippen MR) is 108 cm³/mol. The zero-order valence-corrected chi connectivity index (χ0v) is 17.1. The van der Waals surface area contributed by atoms with Gasteiger partial charge in [-0.1, -0.05) is 33.8 Å². The molecular weight excluding hydrogens is 452 g/mol. The summed E-state index contributed by atoms with van der Waals surface area (Å²) < 4.78 is 25.6. The summed E-state index contributed by atoms with van der Waals surface area (Å²) in [4.78, 5) is 16.4. The van der Waals surface area contributed by atoms with Crippen LogP contribution in [0.2, 0.25) is 0 Å². The Balaban J connectivity index is 1.65. The summed E-state index contributed by atoms with van der Waals surface area (Å²) in [6, 6.07) is 13.5. The van der Waals surface area contributed by atoms with Gasteiger partial charge < -0.3 is 5.32 Å². The average molecular weight is 467 g/mol. The fourth-order valence-electron chi connectivity index (χ4n) is 2.27. The zero-order chi connectivity index (χ0) is 19.4. The van der Waals surface area contributed by atoms with Crippen molar-refractivity contribution in [2.45, 2.75) is 10.1 Å². The van der Waals surface area contributed by atoms with E-state index in [0.717, 1.165) is 10.2 Å². The van der Waals surface area contributed by atoms with Crippen molar-refractivity contribution in [1.82, 2.24) is 9.55 Å². The molecule has 1 aromatic heterocycles. The Kier molecular flexibility index (Phi) is 6.00. The number of hydrogen-bond acceptors (Lipinski definition) is 5. The van der Waals surface area contributed by atoms with Gasteiger partial charge in [0, 0.05) is 28.2 Å². The summed E-state index contributed by atoms with van der Waals surface area (Å²) in [5, 5.41) is 8.43. The van der Waals surface area contributed by atoms with E-state index in [1.165, 1.54) is 30.0 Å². The third-order valence-electron chi connectivity index (χ3n) is 3.49. The second kappa shape index (κ2) is 8.26. The van der Waals surface area contributed by atoms with Crippen LogP contribution in [0.25, 0.3) is 5.69 Å². The van der Waals surface area contributed by atoms with Crippen LogP contribution in [0, 0.1) is 0 Å². The number of sulfonamides is 1. The molecule has 0 atom stereocenters. The quantitative estimate of drug-likeness (QED) is 0.542. The number of benzene rings is 2. The third-order valence-corrected chi connectivity index (χ3v) is 5.90. The maximum absolute atomic E-state index is 12.2. The zero-order valence-electron chi connectivity index (χ0n) is 13.9. The van der Waals surface area contributed by atoms with Crippen molar-refractivity contribution >= 4 is 49.3 Å². The highest BCUT2D eigenvalue weighted by Crippen LogP contribution is 2.22. The molecule has 0 saturated heterocycles. The van der Waals surface area contributed by atoms with Crippen LogP contribution in [-0.2, 0) is 14.8 Å². The highest BCUT2D eigenvalue weighted by atomic mass is 79.9. The minimum absolute atomic E-state index is 0.0567. The molecule has 0 unspecified atom stereocenters. The number of rotatable bonds is 6. The Bertz CT molecular complexity index is 1070. The Labute approximate surface area is 169 Å². The summed E-state index contributed by atoms with van der Waals surface area (Å²) in [6.45, 7) is 0. The van der Waals surface area contributed by atoms with Crippen LogP contribution in [0.4, 0.5) is 5.69 Å². The first-order chi connectivity index (χ1) is 12.8. The Hall–Kier alpha value is -2.14. The number of primary sulfonamides is 1. The van der Waals surface area contributed by atoms with Crippen molar-refractivity contribution in [3.63, 3.8) is 0 Å². The van der Waals surface area contributed by atoms with Crippen molar-refractivity contribution in [3.8, 4) is 5.69 Å². The second-order valence-electron chi connectivity index (χ2n) is 5.47. The van der Waals surface area contributed by atoms with E-state index in [9.17, 15) is 13.2 Å². The first-order valence-electron chi connectivity index (χ1n) is 7.68. The maximum Gasteiger partial charge on any atom is 0.238 e. The van der Waals surface area contributed by atoms with E-state index < -0.39 is 10.0 Å². The van der Waals surface area contributed by atoms with E-state index in [-0.39, 0.29) is 16.6 Å². The van der Waals surface area contributed by atoms with Gasteiger partial charge in [0.05, 0.1) is 10.6 Å². The van der Waals surface area contributed by atoms with Gasteiger partial charge in [0.2, 0.25) is 15.9 Å². The lowest BCUT2D eigenvalue weighted by Crippen LogP contribution is -2.16. The molecule has 10 heteroatoms. The topological polar surface area (TPSA) is 107 Å². The van der Waals surface area contributed by atoms with E-state index in [0.29, 0.717) is 10.8 Å². The smallest absolute Gasteiger partial charge is 0.238 e. The SMILES string of the molecule is NS(=O)(=O)c1cccc(NC(=O)CSc2nccn2-c2ccc(Br)cc2)c1. The molecule has 140 valence electrons. The van der Waals surface area contributed by atoms with Gasteiger partial charge >= 0.3 is 0 Å². The van der Waals surface area contributed by atoms with E-state index in [1.54, 1.807) is 12.3 Å². The highest BCUT2D eigenvalue weighted by Gasteiger charge is 2.12. The molecule has 0 aliphatic heterocycles. The van der Waals surface area contributed by atoms with Crippen molar-refractivity contribution in [2.24, 2.45) is 5.14 Å². The molecule has 2 aromatic carbocycles. The van der Waals surface area contributed by atoms with Gasteiger partial charge in [-0.2, -0.15) is 0 Å². The third kappa shape index (κ3) is 5.19. The molecule has 0 bridgehead atoms. The van der Waals surface area contributed by atoms with Gasteiger partial charge in [-0.25, -0.2) is 18.5 Å². The van der Waals surface area contributed by atoms with Gasteiger partial charge in [0.25, 0.3) is 0 Å². The number of carbonyl (C=O) groups excluding carboxylic acids is 1. The number of thioether (sulfide) groups is 1. The van der Waals surface area contributed by atoms with E-state index in [1.807, 2.05) is 35.0 Å². The first kappa shape index (κ1) is 19.6. The van der Waals surface area contributed by atoms with Crippen LogP contribution < -0.4 is 10.5 Å². The van der Waals surface area contributed by atoms with Gasteiger partial charge in [-0.3, -0.25) is 9.36 Å². The number of nitrogens with two attached hydrogens (primary N) is 1. The van der Waals surface area contributed by atoms with E-state index in [2.05, 4.69) is 26.2 Å². The number of halogens is 1. The molecule has 0 fully saturated rings. The van der Waals surface area contributed by atoms with Crippen LogP contribution in [0.5, 0.6) is 0 Å². The summed E-state index contributed by atoms with van der Waals surface area (Å²) in [5.74, 6) is -0.162. The number of anilines is 1. The number of imidazole rings is 1. The van der Waals surface area contributed by atoms with Gasteiger partial charge in [-0.15, -0.1) is 0 Å². The summed E-state index contributed by atoms with van der Waals surface area (Å²) in [6.07, 6.45) is 3.48. The summed E-state index contributed by atoms with van der Waals surface area (Å²) in [5.41, 5.74) is 1.29. The largest absolute Gasteiger partial charge is 0.325 e. The maximum atomic E-state index is 12.2. The predicted octanol–water partition coefficient (Wildman–Crippen LogP) is 3.01. The molecule has 0 aliphatic rings. The molecular formula is C17H15BrN4O3S2. The number of aromatic nitrogens is 2. The van der Waals surface area contributed by atoms with Crippen molar-refractivity contribution in [1.29, 1.82) is 0 Å². The molecule has 1 amide bonds. The van der Waals surface area contributed by atoms with Gasteiger partial charge in [0.15, 0.2) is 5.16 Å². The molecule has 0 spiro atoms. The Morgan fingerprint density at radius 2 is 1.96 bits per heavy atom. The number of nitrogens with one attached hydrogen (secondary N) is 1. The number of nitrogens with zero attached hydrogens (tertiary/aromatic N) is 2. The standard InChI is InChI=1S/C17H15BrN4O3S2/c18-12-4-6-14(7-5-12)22-9-8-20-17(22)26-11-16(23)21-13-2-1-3-15(10-13)27(19,24)25/h1-10H,11H2,(H,21,23)(H2,19,24,25). The van der Waals surface area contributed by atoms with E-state index in [4.69, 9.17) is 5.14 Å². The number of hydrogen-bond donors (Lipinski definition) is 2. The fourth-order valence-corrected chi connectivity index (χ4v) is 3.87. The molecule has 3 aromatic rings. The summed E-state index contributed by atoms with van der Waals surface area (Å²) in [7, 11) is -3.82. The Morgan fingerprint density at radius 3 is 2.67 bits per heavy atom. The van der Waals surface area contributed by atoms with Gasteiger partial charge in [0.1, 0.15) is 0 Å². The second-order valence-corrected chi connectivity index (χ2v) is 8.89. The molecule has 3 rings (SSSR count). The van der Waals surface area contributed by atoms with Crippen molar-refractivity contribution in [2.75, 3.05) is 11.1 Å². The fraction of sp³-hybridized carbons (Fsp3) is 0.0588. The molecule has 27 heavy (non-hydrogen) atoms. The van der Waals surface area contributed by atoms with Gasteiger partial charge in [-0.05, 0) is 42.5 Å². The minimum atomic E-state index is -3.82. The lowest BCUT2D eigenvalue weighted by Gasteiger charge is -2.09. The molecule has 1 heterocycles. The molecule has 7 nitrogen and oxygen atoms in total.